The highest BCUT2D eigenvalue weighted by Gasteiger charge is 2.37. The molecule has 1 aliphatic heterocycles. The summed E-state index contributed by atoms with van der Waals surface area (Å²) in [5.41, 5.74) is 1.62. The van der Waals surface area contributed by atoms with Gasteiger partial charge in [0.15, 0.2) is 5.11 Å². The molecule has 2 atom stereocenters. The van der Waals surface area contributed by atoms with Gasteiger partial charge in [-0.15, -0.1) is 0 Å². The molecule has 0 amide bonds. The second-order valence-corrected chi connectivity index (χ2v) is 6.20. The number of hydrogen-bond donors (Lipinski definition) is 1. The van der Waals surface area contributed by atoms with Crippen molar-refractivity contribution >= 4 is 39.8 Å². The fourth-order valence-corrected chi connectivity index (χ4v) is 3.53. The van der Waals surface area contributed by atoms with Crippen LogP contribution in [-0.2, 0) is 9.53 Å². The molecule has 130 valence electrons. The molecule has 2 aromatic carbocycles. The van der Waals surface area contributed by atoms with E-state index in [2.05, 4.69) is 10.3 Å². The molecule has 0 saturated carbocycles. The number of esters is 1. The molecule has 0 aromatic heterocycles. The standard InChI is InChI=1S/C19H20N2O3S/c1-4-24-18(22)16-11(2)20-19(25)21-17(16)14-9-10-15(23-3)13-8-6-5-7-12(13)14/h5-10,16-17H,4H2,1-3H3,(H,21,25). The zero-order valence-corrected chi connectivity index (χ0v) is 15.2. The monoisotopic (exact) mass is 356 g/mol. The Morgan fingerprint density at radius 3 is 2.64 bits per heavy atom. The summed E-state index contributed by atoms with van der Waals surface area (Å²) in [6.45, 7) is 3.93. The average molecular weight is 356 g/mol. The number of carbonyl (C=O) groups excluding carboxylic acids is 1. The van der Waals surface area contributed by atoms with Gasteiger partial charge in [0.2, 0.25) is 0 Å². The summed E-state index contributed by atoms with van der Waals surface area (Å²) < 4.78 is 10.7. The number of carbonyl (C=O) groups is 1. The number of rotatable bonds is 4. The van der Waals surface area contributed by atoms with Gasteiger partial charge in [0.1, 0.15) is 11.7 Å². The topological polar surface area (TPSA) is 59.9 Å². The molecule has 0 aliphatic carbocycles. The van der Waals surface area contributed by atoms with Crippen LogP contribution in [0.4, 0.5) is 0 Å². The molecule has 1 heterocycles. The van der Waals surface area contributed by atoms with E-state index in [0.29, 0.717) is 17.4 Å². The van der Waals surface area contributed by atoms with Gasteiger partial charge >= 0.3 is 5.97 Å². The first-order valence-corrected chi connectivity index (χ1v) is 8.55. The van der Waals surface area contributed by atoms with E-state index < -0.39 is 5.92 Å². The van der Waals surface area contributed by atoms with Crippen molar-refractivity contribution in [1.29, 1.82) is 0 Å². The number of fused-ring (bicyclic) bond motifs is 1. The Hall–Kier alpha value is -2.47. The number of aliphatic imine (C=N–C) groups is 1. The number of thiocarbonyl (C=S) groups is 1. The van der Waals surface area contributed by atoms with Crippen LogP contribution >= 0.6 is 12.2 Å². The molecule has 1 aliphatic rings. The second-order valence-electron chi connectivity index (χ2n) is 5.81. The van der Waals surface area contributed by atoms with Crippen molar-refractivity contribution in [2.75, 3.05) is 13.7 Å². The van der Waals surface area contributed by atoms with Gasteiger partial charge in [-0.05, 0) is 43.1 Å². The van der Waals surface area contributed by atoms with Crippen molar-refractivity contribution in [3.05, 3.63) is 42.0 Å². The van der Waals surface area contributed by atoms with Crippen LogP contribution in [0, 0.1) is 5.92 Å². The molecule has 5 nitrogen and oxygen atoms in total. The molecule has 0 radical (unpaired) electrons. The summed E-state index contributed by atoms with van der Waals surface area (Å²) in [4.78, 5) is 16.8. The van der Waals surface area contributed by atoms with Gasteiger partial charge in [-0.25, -0.2) is 4.99 Å². The van der Waals surface area contributed by atoms with Gasteiger partial charge in [0.05, 0.1) is 19.8 Å². The van der Waals surface area contributed by atoms with Crippen molar-refractivity contribution in [3.63, 3.8) is 0 Å². The van der Waals surface area contributed by atoms with Gasteiger partial charge in [-0.1, -0.05) is 30.3 Å². The first kappa shape index (κ1) is 17.4. The predicted molar refractivity (Wildman–Crippen MR) is 102 cm³/mol. The van der Waals surface area contributed by atoms with E-state index in [-0.39, 0.29) is 12.0 Å². The van der Waals surface area contributed by atoms with Gasteiger partial charge in [-0.2, -0.15) is 0 Å². The Bertz CT molecular complexity index is 863. The third kappa shape index (κ3) is 3.22. The van der Waals surface area contributed by atoms with Crippen LogP contribution in [-0.4, -0.2) is 30.5 Å². The lowest BCUT2D eigenvalue weighted by Crippen LogP contribution is -2.44. The first-order chi connectivity index (χ1) is 12.1. The highest BCUT2D eigenvalue weighted by molar-refractivity contribution is 7.80. The lowest BCUT2D eigenvalue weighted by Gasteiger charge is -2.31. The molecular weight excluding hydrogens is 336 g/mol. The minimum atomic E-state index is -0.525. The molecule has 0 fully saturated rings. The van der Waals surface area contributed by atoms with Crippen LogP contribution in [0.25, 0.3) is 10.8 Å². The SMILES string of the molecule is CCOC(=O)C1C(C)=NC(=S)NC1c1ccc(OC)c2ccccc12. The van der Waals surface area contributed by atoms with Crippen LogP contribution in [0.15, 0.2) is 41.4 Å². The lowest BCUT2D eigenvalue weighted by molar-refractivity contribution is -0.146. The zero-order valence-electron chi connectivity index (χ0n) is 14.4. The Morgan fingerprint density at radius 2 is 1.96 bits per heavy atom. The molecule has 6 heteroatoms. The van der Waals surface area contributed by atoms with Crippen molar-refractivity contribution in [2.24, 2.45) is 10.9 Å². The minimum absolute atomic E-state index is 0.302. The predicted octanol–water partition coefficient (Wildman–Crippen LogP) is 3.42. The Balaban J connectivity index is 2.16. The van der Waals surface area contributed by atoms with E-state index >= 15 is 0 Å². The number of nitrogens with zero attached hydrogens (tertiary/aromatic N) is 1. The van der Waals surface area contributed by atoms with E-state index in [0.717, 1.165) is 22.1 Å². The van der Waals surface area contributed by atoms with E-state index in [1.807, 2.05) is 43.3 Å². The highest BCUT2D eigenvalue weighted by atomic mass is 32.1. The van der Waals surface area contributed by atoms with E-state index in [9.17, 15) is 4.79 Å². The van der Waals surface area contributed by atoms with Crippen molar-refractivity contribution < 1.29 is 14.3 Å². The quantitative estimate of drug-likeness (QED) is 0.672. The molecule has 2 unspecified atom stereocenters. The maximum Gasteiger partial charge on any atom is 0.317 e. The van der Waals surface area contributed by atoms with E-state index in [4.69, 9.17) is 21.7 Å². The molecule has 25 heavy (non-hydrogen) atoms. The summed E-state index contributed by atoms with van der Waals surface area (Å²) >= 11 is 5.26. The Kier molecular flexibility index (Phi) is 4.99. The Labute approximate surface area is 152 Å². The second kappa shape index (κ2) is 7.19. The van der Waals surface area contributed by atoms with E-state index in [1.54, 1.807) is 14.0 Å². The van der Waals surface area contributed by atoms with Gasteiger partial charge in [0.25, 0.3) is 0 Å². The fraction of sp³-hybridized carbons (Fsp3) is 0.316. The highest BCUT2D eigenvalue weighted by Crippen LogP contribution is 2.36. The third-order valence-electron chi connectivity index (χ3n) is 4.35. The van der Waals surface area contributed by atoms with Crippen LogP contribution in [0.5, 0.6) is 5.75 Å². The van der Waals surface area contributed by atoms with Crippen LogP contribution in [0.2, 0.25) is 0 Å². The molecular formula is C19H20N2O3S. The summed E-state index contributed by atoms with van der Waals surface area (Å²) in [6.07, 6.45) is 0. The molecule has 0 saturated heterocycles. The van der Waals surface area contributed by atoms with Crippen molar-refractivity contribution in [1.82, 2.24) is 5.32 Å². The summed E-state index contributed by atoms with van der Waals surface area (Å²) in [5.74, 6) is -0.0390. The lowest BCUT2D eigenvalue weighted by atomic mass is 9.86. The summed E-state index contributed by atoms with van der Waals surface area (Å²) in [6, 6.07) is 11.5. The maximum atomic E-state index is 12.5. The van der Waals surface area contributed by atoms with Crippen LogP contribution < -0.4 is 10.1 Å². The van der Waals surface area contributed by atoms with Crippen LogP contribution in [0.3, 0.4) is 0 Å². The van der Waals surface area contributed by atoms with Gasteiger partial charge in [0, 0.05) is 11.1 Å². The number of nitrogens with one attached hydrogen (secondary N) is 1. The number of benzene rings is 2. The fourth-order valence-electron chi connectivity index (χ4n) is 3.26. The molecule has 0 spiro atoms. The van der Waals surface area contributed by atoms with E-state index in [1.165, 1.54) is 0 Å². The molecule has 1 N–H and O–H groups in total. The maximum absolute atomic E-state index is 12.5. The van der Waals surface area contributed by atoms with Crippen molar-refractivity contribution in [2.45, 2.75) is 19.9 Å². The number of ether oxygens (including phenoxy) is 2. The molecule has 0 bridgehead atoms. The minimum Gasteiger partial charge on any atom is -0.496 e. The molecule has 2 aromatic rings. The normalized spacial score (nSPS) is 20.0. The smallest absolute Gasteiger partial charge is 0.317 e. The molecule has 3 rings (SSSR count). The van der Waals surface area contributed by atoms with Crippen molar-refractivity contribution in [3.8, 4) is 5.75 Å². The summed E-state index contributed by atoms with van der Waals surface area (Å²) in [5, 5.41) is 5.55. The largest absolute Gasteiger partial charge is 0.496 e. The average Bonchev–Trinajstić information content (AvgIpc) is 2.60. The van der Waals surface area contributed by atoms with Gasteiger partial charge < -0.3 is 14.8 Å². The number of methoxy groups -OCH3 is 1. The number of hydrogen-bond acceptors (Lipinski definition) is 4. The third-order valence-corrected chi connectivity index (χ3v) is 4.56. The summed E-state index contributed by atoms with van der Waals surface area (Å²) in [7, 11) is 1.65. The Morgan fingerprint density at radius 1 is 1.24 bits per heavy atom. The first-order valence-electron chi connectivity index (χ1n) is 8.14. The zero-order chi connectivity index (χ0) is 18.0. The van der Waals surface area contributed by atoms with Crippen LogP contribution in [0.1, 0.15) is 25.5 Å². The van der Waals surface area contributed by atoms with Gasteiger partial charge in [-0.3, -0.25) is 4.79 Å².